The molecular formula is C12H14BrNOS. The zero-order valence-electron chi connectivity index (χ0n) is 9.37. The molecule has 1 saturated heterocycles. The lowest BCUT2D eigenvalue weighted by molar-refractivity contribution is -0.0857. The van der Waals surface area contributed by atoms with Gasteiger partial charge in [0.25, 0.3) is 0 Å². The largest absolute Gasteiger partial charge is 0.379 e. The molecule has 0 saturated carbocycles. The number of rotatable bonds is 3. The summed E-state index contributed by atoms with van der Waals surface area (Å²) in [5, 5.41) is 11.4. The van der Waals surface area contributed by atoms with Gasteiger partial charge in [0, 0.05) is 14.7 Å². The number of thiophene rings is 1. The van der Waals surface area contributed by atoms with Crippen molar-refractivity contribution in [3.63, 3.8) is 0 Å². The van der Waals surface area contributed by atoms with Gasteiger partial charge in [-0.25, -0.2) is 0 Å². The summed E-state index contributed by atoms with van der Waals surface area (Å²) in [5.74, 6) is 0.390. The van der Waals surface area contributed by atoms with Crippen LogP contribution in [0.1, 0.15) is 18.7 Å². The van der Waals surface area contributed by atoms with Gasteiger partial charge in [0.05, 0.1) is 30.6 Å². The van der Waals surface area contributed by atoms with E-state index in [-0.39, 0.29) is 11.3 Å². The van der Waals surface area contributed by atoms with Crippen molar-refractivity contribution in [2.45, 2.75) is 19.3 Å². The van der Waals surface area contributed by atoms with Crippen LogP contribution in [-0.4, -0.2) is 13.2 Å². The molecule has 1 atom stereocenters. The summed E-state index contributed by atoms with van der Waals surface area (Å²) >= 11 is 5.19. The highest BCUT2D eigenvalue weighted by molar-refractivity contribution is 9.10. The highest BCUT2D eigenvalue weighted by Crippen LogP contribution is 2.45. The van der Waals surface area contributed by atoms with Crippen molar-refractivity contribution in [2.75, 3.05) is 13.2 Å². The predicted octanol–water partition coefficient (Wildman–Crippen LogP) is 3.57. The molecule has 2 nitrogen and oxygen atoms in total. The maximum absolute atomic E-state index is 9.35. The Morgan fingerprint density at radius 2 is 2.25 bits per heavy atom. The topological polar surface area (TPSA) is 33.0 Å². The smallest absolute Gasteiger partial charge is 0.0674 e. The van der Waals surface area contributed by atoms with Gasteiger partial charge in [0.2, 0.25) is 0 Å². The second-order valence-corrected chi connectivity index (χ2v) is 6.46. The van der Waals surface area contributed by atoms with E-state index in [0.29, 0.717) is 19.1 Å². The molecule has 1 aliphatic heterocycles. The molecule has 0 spiro atoms. The van der Waals surface area contributed by atoms with Crippen LogP contribution in [0.4, 0.5) is 0 Å². The number of hydrogen-bond acceptors (Lipinski definition) is 3. The Labute approximate surface area is 108 Å². The fourth-order valence-electron chi connectivity index (χ4n) is 2.28. The minimum Gasteiger partial charge on any atom is -0.379 e. The zero-order valence-corrected chi connectivity index (χ0v) is 11.8. The summed E-state index contributed by atoms with van der Waals surface area (Å²) in [4.78, 5) is 1.27. The van der Waals surface area contributed by atoms with E-state index in [0.717, 1.165) is 4.47 Å². The van der Waals surface area contributed by atoms with Gasteiger partial charge in [-0.15, -0.1) is 11.3 Å². The summed E-state index contributed by atoms with van der Waals surface area (Å²) < 4.78 is 6.47. The number of ether oxygens (including phenoxy) is 1. The maximum Gasteiger partial charge on any atom is 0.0674 e. The Morgan fingerprint density at radius 3 is 2.56 bits per heavy atom. The quantitative estimate of drug-likeness (QED) is 0.855. The standard InChI is InChI=1S/C12H14BrNOS/c1-8(2)10(4-14)12(6-15-7-12)11-3-9(13)5-16-11/h3,5,8,10H,6-7H2,1-2H3. The van der Waals surface area contributed by atoms with Gasteiger partial charge in [-0.05, 0) is 27.9 Å². The Bertz CT molecular complexity index is 417. The van der Waals surface area contributed by atoms with Gasteiger partial charge < -0.3 is 4.74 Å². The minimum atomic E-state index is -0.0698. The molecule has 0 aliphatic carbocycles. The van der Waals surface area contributed by atoms with Crippen molar-refractivity contribution in [1.82, 2.24) is 0 Å². The fourth-order valence-corrected chi connectivity index (χ4v) is 3.92. The van der Waals surface area contributed by atoms with Gasteiger partial charge in [-0.1, -0.05) is 13.8 Å². The number of hydrogen-bond donors (Lipinski definition) is 0. The van der Waals surface area contributed by atoms with Gasteiger partial charge in [-0.3, -0.25) is 0 Å². The molecule has 1 aromatic heterocycles. The van der Waals surface area contributed by atoms with Crippen LogP contribution in [-0.2, 0) is 10.2 Å². The van der Waals surface area contributed by atoms with E-state index in [4.69, 9.17) is 4.74 Å². The lowest BCUT2D eigenvalue weighted by Crippen LogP contribution is -2.53. The average molecular weight is 300 g/mol. The summed E-state index contributed by atoms with van der Waals surface area (Å²) in [5.41, 5.74) is -0.0698. The molecule has 2 heterocycles. The van der Waals surface area contributed by atoms with E-state index < -0.39 is 0 Å². The molecule has 1 aromatic rings. The molecule has 0 aromatic carbocycles. The molecular weight excluding hydrogens is 286 g/mol. The van der Waals surface area contributed by atoms with Gasteiger partial charge >= 0.3 is 0 Å². The van der Waals surface area contributed by atoms with E-state index >= 15 is 0 Å². The SMILES string of the molecule is CC(C)C(C#N)C1(c2cc(Br)cs2)COC1. The maximum atomic E-state index is 9.35. The lowest BCUT2D eigenvalue weighted by atomic mass is 9.68. The summed E-state index contributed by atoms with van der Waals surface area (Å²) in [6.07, 6.45) is 0. The minimum absolute atomic E-state index is 0.0341. The molecule has 86 valence electrons. The van der Waals surface area contributed by atoms with Crippen LogP contribution in [0.25, 0.3) is 0 Å². The van der Waals surface area contributed by atoms with E-state index in [1.54, 1.807) is 11.3 Å². The first-order valence-electron chi connectivity index (χ1n) is 5.32. The van der Waals surface area contributed by atoms with Crippen molar-refractivity contribution in [3.05, 3.63) is 20.8 Å². The second kappa shape index (κ2) is 4.48. The molecule has 16 heavy (non-hydrogen) atoms. The summed E-state index contributed by atoms with van der Waals surface area (Å²) in [6.45, 7) is 5.57. The van der Waals surface area contributed by atoms with Crippen LogP contribution in [0.3, 0.4) is 0 Å². The molecule has 0 N–H and O–H groups in total. The van der Waals surface area contributed by atoms with Gasteiger partial charge in [-0.2, -0.15) is 5.26 Å². The van der Waals surface area contributed by atoms with Crippen LogP contribution in [0.5, 0.6) is 0 Å². The normalized spacial score (nSPS) is 20.2. The molecule has 0 amide bonds. The highest BCUT2D eigenvalue weighted by Gasteiger charge is 2.49. The number of halogens is 1. The van der Waals surface area contributed by atoms with Crippen LogP contribution in [0, 0.1) is 23.2 Å². The fraction of sp³-hybridized carbons (Fsp3) is 0.583. The average Bonchev–Trinajstić information content (AvgIpc) is 2.57. The third kappa shape index (κ3) is 1.81. The molecule has 0 bridgehead atoms. The third-order valence-electron chi connectivity index (χ3n) is 3.18. The summed E-state index contributed by atoms with van der Waals surface area (Å²) in [6, 6.07) is 4.59. The van der Waals surface area contributed by atoms with Crippen molar-refractivity contribution in [2.24, 2.45) is 11.8 Å². The second-order valence-electron chi connectivity index (χ2n) is 4.63. The van der Waals surface area contributed by atoms with Gasteiger partial charge in [0.1, 0.15) is 0 Å². The van der Waals surface area contributed by atoms with E-state index in [2.05, 4.69) is 47.3 Å². The molecule has 0 radical (unpaired) electrons. The van der Waals surface area contributed by atoms with Crippen LogP contribution in [0.2, 0.25) is 0 Å². The van der Waals surface area contributed by atoms with Crippen LogP contribution in [0.15, 0.2) is 15.9 Å². The summed E-state index contributed by atoms with van der Waals surface area (Å²) in [7, 11) is 0. The Balaban J connectivity index is 2.36. The highest BCUT2D eigenvalue weighted by atomic mass is 79.9. The van der Waals surface area contributed by atoms with Crippen molar-refractivity contribution in [1.29, 1.82) is 5.26 Å². The number of nitrogens with zero attached hydrogens (tertiary/aromatic N) is 1. The van der Waals surface area contributed by atoms with Crippen LogP contribution < -0.4 is 0 Å². The lowest BCUT2D eigenvalue weighted by Gasteiger charge is -2.45. The molecule has 4 heteroatoms. The molecule has 1 fully saturated rings. The first-order chi connectivity index (χ1) is 7.60. The zero-order chi connectivity index (χ0) is 11.8. The van der Waals surface area contributed by atoms with Crippen molar-refractivity contribution in [3.8, 4) is 6.07 Å². The Morgan fingerprint density at radius 1 is 1.56 bits per heavy atom. The molecule has 2 rings (SSSR count). The Hall–Kier alpha value is -0.370. The van der Waals surface area contributed by atoms with E-state index in [1.165, 1.54) is 4.88 Å². The predicted molar refractivity (Wildman–Crippen MR) is 68.5 cm³/mol. The van der Waals surface area contributed by atoms with Crippen molar-refractivity contribution >= 4 is 27.3 Å². The molecule has 1 aliphatic rings. The van der Waals surface area contributed by atoms with Crippen LogP contribution >= 0.6 is 27.3 Å². The Kier molecular flexibility index (Phi) is 3.39. The monoisotopic (exact) mass is 299 g/mol. The van der Waals surface area contributed by atoms with Gasteiger partial charge in [0.15, 0.2) is 0 Å². The van der Waals surface area contributed by atoms with Crippen molar-refractivity contribution < 1.29 is 4.74 Å². The first-order valence-corrected chi connectivity index (χ1v) is 6.99. The van der Waals surface area contributed by atoms with E-state index in [1.807, 2.05) is 0 Å². The first kappa shape index (κ1) is 12.1. The molecule has 1 unspecified atom stereocenters. The number of nitriles is 1. The third-order valence-corrected chi connectivity index (χ3v) is 5.09. The van der Waals surface area contributed by atoms with E-state index in [9.17, 15) is 5.26 Å².